The predicted molar refractivity (Wildman–Crippen MR) is 134 cm³/mol. The first-order valence-corrected chi connectivity index (χ1v) is 12.7. The van der Waals surface area contributed by atoms with Gasteiger partial charge in [-0.1, -0.05) is 12.1 Å². The molecule has 14 heteroatoms. The van der Waals surface area contributed by atoms with Gasteiger partial charge >= 0.3 is 6.36 Å². The number of nitrogens with zero attached hydrogens (tertiary/aromatic N) is 4. The van der Waals surface area contributed by atoms with Crippen LogP contribution in [-0.4, -0.2) is 70.0 Å². The minimum Gasteiger partial charge on any atom is -0.494 e. The van der Waals surface area contributed by atoms with Crippen molar-refractivity contribution in [1.29, 1.82) is 0 Å². The summed E-state index contributed by atoms with van der Waals surface area (Å²) in [7, 11) is -0.491. The van der Waals surface area contributed by atoms with Gasteiger partial charge in [-0.25, -0.2) is 23.5 Å². The van der Waals surface area contributed by atoms with Crippen LogP contribution in [0.1, 0.15) is 5.56 Å². The number of rotatable bonds is 7. The molecule has 10 nitrogen and oxygen atoms in total. The van der Waals surface area contributed by atoms with Crippen LogP contribution in [0.15, 0.2) is 41.9 Å². The van der Waals surface area contributed by atoms with Gasteiger partial charge in [-0.15, -0.1) is 13.2 Å². The minimum atomic E-state index is -4.90. The highest BCUT2D eigenvalue weighted by Crippen LogP contribution is 2.36. The van der Waals surface area contributed by atoms with Crippen LogP contribution in [0, 0.1) is 0 Å². The average molecular weight is 539 g/mol. The molecular weight excluding hydrogens is 513 g/mol. The van der Waals surface area contributed by atoms with Crippen molar-refractivity contribution in [3.63, 3.8) is 0 Å². The number of likely N-dealkylation sites (N-methyl/N-ethyl adjacent to an activating group) is 1. The SMILES string of the molecule is COc1c(/C=C/S(N)(=O)=O)ccc2cnc(Nc3cc(N4CCN(C)CC4)ccc3OC(F)(F)F)nc12. The molecule has 0 radical (unpaired) electrons. The Morgan fingerprint density at radius 3 is 2.51 bits per heavy atom. The molecule has 0 bridgehead atoms. The molecule has 4 rings (SSSR count). The number of hydrogen-bond acceptors (Lipinski definition) is 9. The number of fused-ring (bicyclic) bond motifs is 1. The van der Waals surface area contributed by atoms with Gasteiger partial charge in [0.05, 0.1) is 12.8 Å². The van der Waals surface area contributed by atoms with Gasteiger partial charge in [0.25, 0.3) is 0 Å². The van der Waals surface area contributed by atoms with E-state index in [-0.39, 0.29) is 17.4 Å². The molecule has 1 aromatic heterocycles. The van der Waals surface area contributed by atoms with E-state index >= 15 is 0 Å². The lowest BCUT2D eigenvalue weighted by molar-refractivity contribution is -0.274. The van der Waals surface area contributed by atoms with Crippen molar-refractivity contribution in [1.82, 2.24) is 14.9 Å². The molecule has 37 heavy (non-hydrogen) atoms. The largest absolute Gasteiger partial charge is 0.573 e. The summed E-state index contributed by atoms with van der Waals surface area (Å²) in [5.41, 5.74) is 1.44. The third-order valence-electron chi connectivity index (χ3n) is 5.68. The Kier molecular flexibility index (Phi) is 7.43. The Morgan fingerprint density at radius 1 is 1.14 bits per heavy atom. The summed E-state index contributed by atoms with van der Waals surface area (Å²) in [5.74, 6) is -0.215. The van der Waals surface area contributed by atoms with Crippen LogP contribution in [0.25, 0.3) is 17.0 Å². The van der Waals surface area contributed by atoms with E-state index in [2.05, 4.69) is 29.8 Å². The number of anilines is 3. The first-order valence-electron chi connectivity index (χ1n) is 11.1. The summed E-state index contributed by atoms with van der Waals surface area (Å²) in [5, 5.41) is 9.25. The van der Waals surface area contributed by atoms with Crippen LogP contribution in [0.5, 0.6) is 11.5 Å². The predicted octanol–water partition coefficient (Wildman–Crippen LogP) is 3.29. The summed E-state index contributed by atoms with van der Waals surface area (Å²) < 4.78 is 71.6. The van der Waals surface area contributed by atoms with Gasteiger partial charge in [0, 0.05) is 54.4 Å². The van der Waals surface area contributed by atoms with Crippen LogP contribution < -0.4 is 24.8 Å². The van der Waals surface area contributed by atoms with Crippen molar-refractivity contribution in [3.8, 4) is 11.5 Å². The van der Waals surface area contributed by atoms with E-state index in [1.807, 2.05) is 7.05 Å². The monoisotopic (exact) mass is 538 g/mol. The Labute approximate surface area is 211 Å². The number of methoxy groups -OCH3 is 1. The fourth-order valence-electron chi connectivity index (χ4n) is 3.87. The van der Waals surface area contributed by atoms with E-state index in [1.54, 1.807) is 24.3 Å². The Morgan fingerprint density at radius 2 is 1.86 bits per heavy atom. The second-order valence-corrected chi connectivity index (χ2v) is 9.81. The van der Waals surface area contributed by atoms with E-state index in [1.165, 1.54) is 25.4 Å². The molecule has 0 unspecified atom stereocenters. The molecule has 2 heterocycles. The number of halogens is 3. The fraction of sp³-hybridized carbons (Fsp3) is 0.304. The van der Waals surface area contributed by atoms with Crippen LogP contribution in [0.4, 0.5) is 30.5 Å². The molecule has 0 atom stereocenters. The van der Waals surface area contributed by atoms with Crippen molar-refractivity contribution in [2.45, 2.75) is 6.36 Å². The maximum absolute atomic E-state index is 13.1. The summed E-state index contributed by atoms with van der Waals surface area (Å²) >= 11 is 0. The highest BCUT2D eigenvalue weighted by molar-refractivity contribution is 7.92. The van der Waals surface area contributed by atoms with E-state index in [9.17, 15) is 21.6 Å². The first kappa shape index (κ1) is 26.4. The maximum atomic E-state index is 13.1. The topological polar surface area (TPSA) is 123 Å². The van der Waals surface area contributed by atoms with Crippen molar-refractivity contribution in [2.24, 2.45) is 5.14 Å². The highest BCUT2D eigenvalue weighted by Gasteiger charge is 2.32. The van der Waals surface area contributed by atoms with Crippen molar-refractivity contribution in [2.75, 3.05) is 50.6 Å². The van der Waals surface area contributed by atoms with E-state index in [0.29, 0.717) is 29.6 Å². The molecular formula is C23H25F3N6O4S. The number of ether oxygens (including phenoxy) is 2. The van der Waals surface area contributed by atoms with Gasteiger partial charge in [0.15, 0.2) is 11.5 Å². The van der Waals surface area contributed by atoms with Crippen LogP contribution in [0.3, 0.4) is 0 Å². The number of nitrogens with two attached hydrogens (primary N) is 1. The van der Waals surface area contributed by atoms with Gasteiger partial charge in [-0.05, 0) is 31.3 Å². The van der Waals surface area contributed by atoms with Crippen LogP contribution in [-0.2, 0) is 10.0 Å². The normalized spacial score (nSPS) is 15.4. The van der Waals surface area contributed by atoms with Gasteiger partial charge in [0.2, 0.25) is 16.0 Å². The minimum absolute atomic E-state index is 0.0130. The molecule has 0 saturated carbocycles. The number of aromatic nitrogens is 2. The number of sulfonamides is 1. The number of alkyl halides is 3. The Bertz CT molecular complexity index is 1420. The molecule has 3 aromatic rings. The quantitative estimate of drug-likeness (QED) is 0.467. The molecule has 0 amide bonds. The number of hydrogen-bond donors (Lipinski definition) is 2. The van der Waals surface area contributed by atoms with E-state index in [0.717, 1.165) is 24.2 Å². The molecule has 1 saturated heterocycles. The third-order valence-corrected chi connectivity index (χ3v) is 6.20. The molecule has 0 aliphatic carbocycles. The lowest BCUT2D eigenvalue weighted by Gasteiger charge is -2.34. The van der Waals surface area contributed by atoms with Crippen molar-refractivity contribution in [3.05, 3.63) is 47.5 Å². The second-order valence-electron chi connectivity index (χ2n) is 8.35. The molecule has 1 aliphatic rings. The molecule has 0 spiro atoms. The first-order chi connectivity index (χ1) is 17.4. The highest BCUT2D eigenvalue weighted by atomic mass is 32.2. The van der Waals surface area contributed by atoms with Crippen LogP contribution in [0.2, 0.25) is 0 Å². The summed E-state index contributed by atoms with van der Waals surface area (Å²) in [6, 6.07) is 7.64. The molecule has 1 fully saturated rings. The zero-order valence-electron chi connectivity index (χ0n) is 20.0. The van der Waals surface area contributed by atoms with Crippen molar-refractivity contribution < 1.29 is 31.1 Å². The molecule has 2 aromatic carbocycles. The zero-order chi connectivity index (χ0) is 26.8. The maximum Gasteiger partial charge on any atom is 0.573 e. The third kappa shape index (κ3) is 6.78. The van der Waals surface area contributed by atoms with E-state index in [4.69, 9.17) is 9.88 Å². The van der Waals surface area contributed by atoms with Gasteiger partial charge in [-0.2, -0.15) is 0 Å². The van der Waals surface area contributed by atoms with Crippen LogP contribution >= 0.6 is 0 Å². The molecule has 3 N–H and O–H groups in total. The summed E-state index contributed by atoms with van der Waals surface area (Å²) in [4.78, 5) is 12.9. The van der Waals surface area contributed by atoms with Gasteiger partial charge < -0.3 is 24.6 Å². The summed E-state index contributed by atoms with van der Waals surface area (Å²) in [6.07, 6.45) is -2.17. The second kappa shape index (κ2) is 10.4. The number of primary sulfonamides is 1. The fourth-order valence-corrected chi connectivity index (χ4v) is 4.21. The zero-order valence-corrected chi connectivity index (χ0v) is 20.8. The van der Waals surface area contributed by atoms with Gasteiger partial charge in [-0.3, -0.25) is 0 Å². The smallest absolute Gasteiger partial charge is 0.494 e. The van der Waals surface area contributed by atoms with E-state index < -0.39 is 22.1 Å². The standard InChI is InChI=1S/C23H25F3N6O4S/c1-31-8-10-32(11-9-31)17-5-6-19(36-23(24,25)26)18(13-17)29-22-28-14-16-4-3-15(7-12-37(27,33)34)21(35-2)20(16)30-22/h3-7,12-14H,8-11H2,1-2H3,(H2,27,33,34)(H,28,29,30)/b12-7+. The molecule has 1 aliphatic heterocycles. The van der Waals surface area contributed by atoms with Crippen molar-refractivity contribution >= 4 is 44.3 Å². The number of piperazine rings is 1. The average Bonchev–Trinajstić information content (AvgIpc) is 2.82. The lowest BCUT2D eigenvalue weighted by Crippen LogP contribution is -2.44. The number of nitrogens with one attached hydrogen (secondary N) is 1. The van der Waals surface area contributed by atoms with Gasteiger partial charge in [0.1, 0.15) is 5.52 Å². The number of benzene rings is 2. The summed E-state index contributed by atoms with van der Waals surface area (Å²) in [6.45, 7) is 3.07. The Hall–Kier alpha value is -3.62. The lowest BCUT2D eigenvalue weighted by atomic mass is 10.1. The molecule has 198 valence electrons. The Balaban J connectivity index is 1.73.